The third kappa shape index (κ3) is 1.89. The molecule has 1 unspecified atom stereocenters. The molecule has 14 heavy (non-hydrogen) atoms. The van der Waals surface area contributed by atoms with Gasteiger partial charge < -0.3 is 20.8 Å². The van der Waals surface area contributed by atoms with E-state index < -0.39 is 11.6 Å². The van der Waals surface area contributed by atoms with Crippen molar-refractivity contribution in [2.45, 2.75) is 31.3 Å². The SMILES string of the molecule is CC(CO)(CO)N1CCCC(N)C1=O. The monoisotopic (exact) mass is 202 g/mol. The van der Waals surface area contributed by atoms with Gasteiger partial charge in [-0.15, -0.1) is 0 Å². The van der Waals surface area contributed by atoms with Crippen molar-refractivity contribution in [1.82, 2.24) is 4.90 Å². The second-order valence-electron chi connectivity index (χ2n) is 4.05. The first-order chi connectivity index (χ1) is 6.55. The lowest BCUT2D eigenvalue weighted by atomic mass is 9.96. The van der Waals surface area contributed by atoms with Gasteiger partial charge in [0.25, 0.3) is 0 Å². The van der Waals surface area contributed by atoms with Crippen molar-refractivity contribution in [2.24, 2.45) is 5.73 Å². The predicted molar refractivity (Wildman–Crippen MR) is 51.5 cm³/mol. The lowest BCUT2D eigenvalue weighted by Crippen LogP contribution is -2.61. The van der Waals surface area contributed by atoms with Crippen LogP contribution in [0.15, 0.2) is 0 Å². The van der Waals surface area contributed by atoms with Crippen molar-refractivity contribution < 1.29 is 15.0 Å². The van der Waals surface area contributed by atoms with E-state index in [1.807, 2.05) is 0 Å². The number of nitrogens with zero attached hydrogens (tertiary/aromatic N) is 1. The number of hydrogen-bond acceptors (Lipinski definition) is 4. The summed E-state index contributed by atoms with van der Waals surface area (Å²) in [6, 6.07) is -0.485. The first kappa shape index (κ1) is 11.4. The van der Waals surface area contributed by atoms with Crippen LogP contribution in [0.4, 0.5) is 0 Å². The molecular formula is C9H18N2O3. The van der Waals surface area contributed by atoms with Gasteiger partial charge in [-0.05, 0) is 19.8 Å². The molecule has 1 amide bonds. The van der Waals surface area contributed by atoms with Crippen LogP contribution in [0.25, 0.3) is 0 Å². The zero-order chi connectivity index (χ0) is 10.8. The van der Waals surface area contributed by atoms with E-state index in [0.29, 0.717) is 13.0 Å². The zero-order valence-electron chi connectivity index (χ0n) is 8.44. The van der Waals surface area contributed by atoms with Crippen molar-refractivity contribution in [1.29, 1.82) is 0 Å². The lowest BCUT2D eigenvalue weighted by Gasteiger charge is -2.42. The van der Waals surface area contributed by atoms with E-state index in [0.717, 1.165) is 6.42 Å². The summed E-state index contributed by atoms with van der Waals surface area (Å²) in [4.78, 5) is 13.2. The zero-order valence-corrected chi connectivity index (χ0v) is 8.44. The summed E-state index contributed by atoms with van der Waals surface area (Å²) in [5.74, 6) is -0.179. The summed E-state index contributed by atoms with van der Waals surface area (Å²) in [6.45, 7) is 1.72. The molecular weight excluding hydrogens is 184 g/mol. The van der Waals surface area contributed by atoms with Gasteiger partial charge in [-0.25, -0.2) is 0 Å². The second kappa shape index (κ2) is 4.25. The molecule has 1 aliphatic heterocycles. The fraction of sp³-hybridized carbons (Fsp3) is 0.889. The van der Waals surface area contributed by atoms with Crippen LogP contribution in [0.2, 0.25) is 0 Å². The molecule has 1 atom stereocenters. The largest absolute Gasteiger partial charge is 0.394 e. The molecule has 5 nitrogen and oxygen atoms in total. The molecule has 82 valence electrons. The number of nitrogens with two attached hydrogens (primary N) is 1. The Bertz CT molecular complexity index is 216. The first-order valence-corrected chi connectivity index (χ1v) is 4.84. The van der Waals surface area contributed by atoms with Crippen LogP contribution in [0.3, 0.4) is 0 Å². The summed E-state index contributed by atoms with van der Waals surface area (Å²) in [5, 5.41) is 18.3. The molecule has 0 aromatic rings. The average Bonchev–Trinajstić information content (AvgIpc) is 2.21. The van der Waals surface area contributed by atoms with Crippen LogP contribution in [0, 0.1) is 0 Å². The van der Waals surface area contributed by atoms with Gasteiger partial charge in [0.05, 0.1) is 24.8 Å². The number of likely N-dealkylation sites (tertiary alicyclic amines) is 1. The van der Waals surface area contributed by atoms with E-state index in [4.69, 9.17) is 15.9 Å². The Hall–Kier alpha value is -0.650. The Kier molecular flexibility index (Phi) is 3.47. The van der Waals surface area contributed by atoms with Crippen LogP contribution >= 0.6 is 0 Å². The van der Waals surface area contributed by atoms with E-state index >= 15 is 0 Å². The Morgan fingerprint density at radius 1 is 1.57 bits per heavy atom. The third-order valence-electron chi connectivity index (χ3n) is 2.81. The minimum absolute atomic E-state index is 0.179. The molecule has 0 saturated carbocycles. The Balaban J connectivity index is 2.79. The van der Waals surface area contributed by atoms with Crippen molar-refractivity contribution in [3.05, 3.63) is 0 Å². The molecule has 0 aliphatic carbocycles. The summed E-state index contributed by atoms with van der Waals surface area (Å²) in [6.07, 6.45) is 1.50. The van der Waals surface area contributed by atoms with Gasteiger partial charge in [0.15, 0.2) is 0 Å². The van der Waals surface area contributed by atoms with Crippen LogP contribution in [-0.4, -0.2) is 52.4 Å². The summed E-state index contributed by atoms with van der Waals surface area (Å²) < 4.78 is 0. The van der Waals surface area contributed by atoms with Crippen molar-refractivity contribution in [3.63, 3.8) is 0 Å². The molecule has 4 N–H and O–H groups in total. The molecule has 0 radical (unpaired) electrons. The fourth-order valence-corrected chi connectivity index (χ4v) is 1.66. The molecule has 0 bridgehead atoms. The standard InChI is InChI=1S/C9H18N2O3/c1-9(5-12,6-13)11-4-2-3-7(10)8(11)14/h7,12-13H,2-6,10H2,1H3. The number of amides is 1. The van der Waals surface area contributed by atoms with Gasteiger partial charge in [-0.1, -0.05) is 0 Å². The van der Waals surface area contributed by atoms with E-state index in [9.17, 15) is 4.79 Å². The topological polar surface area (TPSA) is 86.8 Å². The highest BCUT2D eigenvalue weighted by molar-refractivity contribution is 5.83. The number of rotatable bonds is 3. The van der Waals surface area contributed by atoms with Gasteiger partial charge in [0.2, 0.25) is 5.91 Å². The molecule has 0 aromatic heterocycles. The number of aliphatic hydroxyl groups is 2. The van der Waals surface area contributed by atoms with E-state index in [1.165, 1.54) is 4.90 Å². The Labute approximate surface area is 83.5 Å². The smallest absolute Gasteiger partial charge is 0.240 e. The van der Waals surface area contributed by atoms with Crippen molar-refractivity contribution >= 4 is 5.91 Å². The van der Waals surface area contributed by atoms with Gasteiger partial charge in [0.1, 0.15) is 0 Å². The minimum atomic E-state index is -0.880. The molecule has 5 heteroatoms. The van der Waals surface area contributed by atoms with E-state index in [2.05, 4.69) is 0 Å². The minimum Gasteiger partial charge on any atom is -0.394 e. The lowest BCUT2D eigenvalue weighted by molar-refractivity contribution is -0.145. The maximum atomic E-state index is 11.7. The van der Waals surface area contributed by atoms with Crippen molar-refractivity contribution in [3.8, 4) is 0 Å². The predicted octanol–water partition coefficient (Wildman–Crippen LogP) is -1.32. The molecule has 1 rings (SSSR count). The summed E-state index contributed by atoms with van der Waals surface area (Å²) >= 11 is 0. The average molecular weight is 202 g/mol. The Morgan fingerprint density at radius 2 is 2.14 bits per heavy atom. The molecule has 0 aromatic carbocycles. The maximum absolute atomic E-state index is 11.7. The van der Waals surface area contributed by atoms with Crippen LogP contribution in [0.1, 0.15) is 19.8 Å². The first-order valence-electron chi connectivity index (χ1n) is 4.84. The number of hydrogen-bond donors (Lipinski definition) is 3. The Morgan fingerprint density at radius 3 is 2.64 bits per heavy atom. The van der Waals surface area contributed by atoms with Crippen molar-refractivity contribution in [2.75, 3.05) is 19.8 Å². The highest BCUT2D eigenvalue weighted by Crippen LogP contribution is 2.20. The highest BCUT2D eigenvalue weighted by Gasteiger charge is 2.38. The maximum Gasteiger partial charge on any atom is 0.240 e. The number of carbonyl (C=O) groups is 1. The molecule has 1 heterocycles. The normalized spacial score (nSPS) is 24.1. The summed E-state index contributed by atoms with van der Waals surface area (Å²) in [5.41, 5.74) is 4.74. The number of piperidine rings is 1. The van der Waals surface area contributed by atoms with Crippen LogP contribution in [0.5, 0.6) is 0 Å². The number of aliphatic hydroxyl groups excluding tert-OH is 2. The number of carbonyl (C=O) groups excluding carboxylic acids is 1. The van der Waals surface area contributed by atoms with Crippen LogP contribution in [-0.2, 0) is 4.79 Å². The molecule has 1 fully saturated rings. The van der Waals surface area contributed by atoms with Gasteiger partial charge in [-0.3, -0.25) is 4.79 Å². The molecule has 0 spiro atoms. The van der Waals surface area contributed by atoms with E-state index in [-0.39, 0.29) is 19.1 Å². The molecule has 1 saturated heterocycles. The summed E-state index contributed by atoms with van der Waals surface area (Å²) in [7, 11) is 0. The van der Waals surface area contributed by atoms with Gasteiger partial charge >= 0.3 is 0 Å². The quantitative estimate of drug-likeness (QED) is 0.530. The fourth-order valence-electron chi connectivity index (χ4n) is 1.66. The van der Waals surface area contributed by atoms with Gasteiger partial charge in [-0.2, -0.15) is 0 Å². The third-order valence-corrected chi connectivity index (χ3v) is 2.81. The molecule has 1 aliphatic rings. The second-order valence-corrected chi connectivity index (χ2v) is 4.05. The van der Waals surface area contributed by atoms with E-state index in [1.54, 1.807) is 6.92 Å². The highest BCUT2D eigenvalue weighted by atomic mass is 16.3. The van der Waals surface area contributed by atoms with Gasteiger partial charge in [0, 0.05) is 6.54 Å². The van der Waals surface area contributed by atoms with Crippen LogP contribution < -0.4 is 5.73 Å².